The number of pyridine rings is 1. The third-order valence-electron chi connectivity index (χ3n) is 6.26. The van der Waals surface area contributed by atoms with Crippen molar-refractivity contribution in [1.29, 1.82) is 0 Å². The molecule has 1 aliphatic heterocycles. The zero-order chi connectivity index (χ0) is 25.2. The number of alkyl halides is 3. The first-order valence-corrected chi connectivity index (χ1v) is 11.2. The fourth-order valence-electron chi connectivity index (χ4n) is 4.29. The first-order valence-electron chi connectivity index (χ1n) is 11.2. The second kappa shape index (κ2) is 9.97. The van der Waals surface area contributed by atoms with Crippen LogP contribution in [0, 0.1) is 18.7 Å². The van der Waals surface area contributed by atoms with Crippen LogP contribution in [0.2, 0.25) is 0 Å². The highest BCUT2D eigenvalue weighted by molar-refractivity contribution is 6.01. The number of rotatable bonds is 5. The number of ether oxygens (including phenoxy) is 1. The number of halogens is 4. The fourth-order valence-corrected chi connectivity index (χ4v) is 4.29. The number of likely N-dealkylation sites (tertiary alicyclic amines) is 1. The van der Waals surface area contributed by atoms with Gasteiger partial charge in [-0.25, -0.2) is 19.3 Å². The molecule has 2 atom stereocenters. The lowest BCUT2D eigenvalue weighted by atomic mass is 9.89. The molecule has 0 spiro atoms. The molecule has 184 valence electrons. The quantitative estimate of drug-likeness (QED) is 0.455. The van der Waals surface area contributed by atoms with Gasteiger partial charge in [0.25, 0.3) is 5.91 Å². The van der Waals surface area contributed by atoms with Gasteiger partial charge in [0.05, 0.1) is 17.2 Å². The number of nitrogens with zero attached hydrogens (tertiary/aromatic N) is 4. The molecule has 0 radical (unpaired) electrons. The molecule has 6 nitrogen and oxygen atoms in total. The SMILES string of the molecule is Cc1c(F)ccc(-c2ncccn2)c1C(=O)N1CCC[C@@H](C)[C@H]1COc1ccc(C(F)(F)F)cn1. The number of piperidine rings is 1. The van der Waals surface area contributed by atoms with Crippen molar-refractivity contribution in [3.05, 3.63) is 71.4 Å². The molecule has 35 heavy (non-hydrogen) atoms. The predicted molar refractivity (Wildman–Crippen MR) is 120 cm³/mol. The van der Waals surface area contributed by atoms with Crippen LogP contribution in [0.1, 0.15) is 41.3 Å². The summed E-state index contributed by atoms with van der Waals surface area (Å²) >= 11 is 0. The van der Waals surface area contributed by atoms with Gasteiger partial charge >= 0.3 is 6.18 Å². The topological polar surface area (TPSA) is 68.2 Å². The smallest absolute Gasteiger partial charge is 0.417 e. The van der Waals surface area contributed by atoms with E-state index in [1.807, 2.05) is 6.92 Å². The number of hydrogen-bond donors (Lipinski definition) is 0. The molecule has 2 aromatic heterocycles. The summed E-state index contributed by atoms with van der Waals surface area (Å²) in [5.74, 6) is -0.494. The Labute approximate surface area is 200 Å². The monoisotopic (exact) mass is 488 g/mol. The van der Waals surface area contributed by atoms with E-state index in [-0.39, 0.29) is 41.5 Å². The van der Waals surface area contributed by atoms with Crippen LogP contribution in [0.15, 0.2) is 48.9 Å². The molecular weight excluding hydrogens is 464 g/mol. The van der Waals surface area contributed by atoms with Gasteiger partial charge in [0.15, 0.2) is 5.82 Å². The van der Waals surface area contributed by atoms with E-state index in [2.05, 4.69) is 15.0 Å². The minimum Gasteiger partial charge on any atom is -0.475 e. The summed E-state index contributed by atoms with van der Waals surface area (Å²) in [7, 11) is 0. The lowest BCUT2D eigenvalue weighted by Gasteiger charge is -2.40. The van der Waals surface area contributed by atoms with Crippen LogP contribution in [-0.2, 0) is 6.18 Å². The Kier molecular flexibility index (Phi) is 7.00. The Bertz CT molecular complexity index is 1190. The summed E-state index contributed by atoms with van der Waals surface area (Å²) in [6, 6.07) is 6.11. The molecular formula is C25H24F4N4O2. The second-order valence-corrected chi connectivity index (χ2v) is 8.55. The van der Waals surface area contributed by atoms with E-state index < -0.39 is 17.6 Å². The van der Waals surface area contributed by atoms with Crippen molar-refractivity contribution < 1.29 is 27.1 Å². The number of carbonyl (C=O) groups excluding carboxylic acids is 1. The van der Waals surface area contributed by atoms with Gasteiger partial charge in [-0.1, -0.05) is 6.92 Å². The molecule has 0 saturated carbocycles. The van der Waals surface area contributed by atoms with Gasteiger partial charge in [0, 0.05) is 36.8 Å². The van der Waals surface area contributed by atoms with Crippen molar-refractivity contribution in [2.24, 2.45) is 5.92 Å². The molecule has 1 amide bonds. The number of aromatic nitrogens is 3. The summed E-state index contributed by atoms with van der Waals surface area (Å²) < 4.78 is 58.6. The lowest BCUT2D eigenvalue weighted by Crippen LogP contribution is -2.51. The zero-order valence-electron chi connectivity index (χ0n) is 19.2. The molecule has 10 heteroatoms. The van der Waals surface area contributed by atoms with Crippen LogP contribution < -0.4 is 4.74 Å². The minimum atomic E-state index is -4.49. The molecule has 1 aromatic carbocycles. The second-order valence-electron chi connectivity index (χ2n) is 8.55. The van der Waals surface area contributed by atoms with Crippen molar-refractivity contribution in [2.75, 3.05) is 13.2 Å². The Morgan fingerprint density at radius 2 is 1.89 bits per heavy atom. The van der Waals surface area contributed by atoms with E-state index in [4.69, 9.17) is 4.74 Å². The van der Waals surface area contributed by atoms with E-state index >= 15 is 0 Å². The number of hydrogen-bond acceptors (Lipinski definition) is 5. The van der Waals surface area contributed by atoms with Crippen LogP contribution in [0.4, 0.5) is 17.6 Å². The summed E-state index contributed by atoms with van der Waals surface area (Å²) in [5.41, 5.74) is -0.0630. The van der Waals surface area contributed by atoms with Gasteiger partial charge in [0.1, 0.15) is 12.4 Å². The number of amides is 1. The minimum absolute atomic E-state index is 0.0310. The van der Waals surface area contributed by atoms with E-state index in [1.54, 1.807) is 30.3 Å². The van der Waals surface area contributed by atoms with Gasteiger partial charge < -0.3 is 9.64 Å². The third-order valence-corrected chi connectivity index (χ3v) is 6.26. The van der Waals surface area contributed by atoms with Crippen molar-refractivity contribution in [3.8, 4) is 17.3 Å². The average Bonchev–Trinajstić information content (AvgIpc) is 2.84. The van der Waals surface area contributed by atoms with Crippen LogP contribution in [-0.4, -0.2) is 45.0 Å². The average molecular weight is 488 g/mol. The Hall–Kier alpha value is -3.56. The maximum Gasteiger partial charge on any atom is 0.417 e. The Morgan fingerprint density at radius 3 is 2.54 bits per heavy atom. The highest BCUT2D eigenvalue weighted by Gasteiger charge is 2.35. The Balaban J connectivity index is 1.61. The molecule has 3 heterocycles. The van der Waals surface area contributed by atoms with Crippen LogP contribution in [0.3, 0.4) is 0 Å². The van der Waals surface area contributed by atoms with Crippen molar-refractivity contribution in [2.45, 2.75) is 38.9 Å². The summed E-state index contributed by atoms with van der Waals surface area (Å²) in [4.78, 5) is 27.6. The zero-order valence-corrected chi connectivity index (χ0v) is 19.2. The van der Waals surface area contributed by atoms with Gasteiger partial charge in [0.2, 0.25) is 5.88 Å². The first-order chi connectivity index (χ1) is 16.7. The maximum atomic E-state index is 14.5. The molecule has 1 aliphatic rings. The van der Waals surface area contributed by atoms with E-state index in [1.165, 1.54) is 12.1 Å². The fraction of sp³-hybridized carbons (Fsp3) is 0.360. The summed E-state index contributed by atoms with van der Waals surface area (Å²) in [6.45, 7) is 3.99. The van der Waals surface area contributed by atoms with Crippen LogP contribution >= 0.6 is 0 Å². The summed E-state index contributed by atoms with van der Waals surface area (Å²) in [5, 5.41) is 0. The maximum absolute atomic E-state index is 14.5. The number of carbonyl (C=O) groups is 1. The number of benzene rings is 1. The standard InChI is InChI=1S/C25H24F4N4O2/c1-15-5-3-12-33(20(15)14-35-21-9-6-17(13-32-21)25(27,28)29)24(34)22-16(2)19(26)8-7-18(22)23-30-10-4-11-31-23/h4,6-11,13,15,20H,3,5,12,14H2,1-2H3/t15-,20-/m1/s1. The third kappa shape index (κ3) is 5.26. The molecule has 0 bridgehead atoms. The lowest BCUT2D eigenvalue weighted by molar-refractivity contribution is -0.137. The van der Waals surface area contributed by atoms with Crippen molar-refractivity contribution in [3.63, 3.8) is 0 Å². The normalized spacial score (nSPS) is 18.4. The molecule has 1 fully saturated rings. The molecule has 1 saturated heterocycles. The Morgan fingerprint density at radius 1 is 1.14 bits per heavy atom. The van der Waals surface area contributed by atoms with Crippen molar-refractivity contribution in [1.82, 2.24) is 19.9 Å². The van der Waals surface area contributed by atoms with Gasteiger partial charge in [-0.15, -0.1) is 0 Å². The highest BCUT2D eigenvalue weighted by atomic mass is 19.4. The molecule has 0 aliphatic carbocycles. The van der Waals surface area contributed by atoms with Crippen molar-refractivity contribution >= 4 is 5.91 Å². The van der Waals surface area contributed by atoms with E-state index in [9.17, 15) is 22.4 Å². The predicted octanol–water partition coefficient (Wildman–Crippen LogP) is 5.32. The molecule has 0 N–H and O–H groups in total. The largest absolute Gasteiger partial charge is 0.475 e. The molecule has 4 rings (SSSR count). The van der Waals surface area contributed by atoms with Crippen LogP contribution in [0.25, 0.3) is 11.4 Å². The first kappa shape index (κ1) is 24.6. The van der Waals surface area contributed by atoms with E-state index in [0.717, 1.165) is 25.0 Å². The van der Waals surface area contributed by atoms with Gasteiger partial charge in [-0.3, -0.25) is 4.79 Å². The van der Waals surface area contributed by atoms with E-state index in [0.29, 0.717) is 24.1 Å². The highest BCUT2D eigenvalue weighted by Crippen LogP contribution is 2.32. The molecule has 0 unspecified atom stereocenters. The summed E-state index contributed by atoms with van der Waals surface area (Å²) in [6.07, 6.45) is 0.917. The van der Waals surface area contributed by atoms with Crippen LogP contribution in [0.5, 0.6) is 5.88 Å². The van der Waals surface area contributed by atoms with Gasteiger partial charge in [-0.05, 0) is 55.5 Å². The van der Waals surface area contributed by atoms with Gasteiger partial charge in [-0.2, -0.15) is 13.2 Å². The molecule has 3 aromatic rings.